The molecule has 0 aromatic carbocycles. The van der Waals surface area contributed by atoms with Gasteiger partial charge in [0.05, 0.1) is 12.1 Å². The molecule has 96 valence electrons. The number of nitrogens with one attached hydrogen (secondary N) is 1. The van der Waals surface area contributed by atoms with Gasteiger partial charge >= 0.3 is 0 Å². The van der Waals surface area contributed by atoms with E-state index in [1.165, 1.54) is 0 Å². The van der Waals surface area contributed by atoms with E-state index in [0.717, 1.165) is 35.8 Å². The molecule has 1 saturated carbocycles. The van der Waals surface area contributed by atoms with Crippen molar-refractivity contribution < 1.29 is 5.11 Å². The van der Waals surface area contributed by atoms with Gasteiger partial charge in [-0.25, -0.2) is 4.52 Å². The summed E-state index contributed by atoms with van der Waals surface area (Å²) in [6, 6.07) is 3.84. The molecule has 0 aliphatic heterocycles. The molecule has 5 nitrogen and oxygen atoms in total. The van der Waals surface area contributed by atoms with E-state index in [0.29, 0.717) is 5.95 Å². The highest BCUT2D eigenvalue weighted by Crippen LogP contribution is 2.32. The van der Waals surface area contributed by atoms with Crippen LogP contribution in [-0.4, -0.2) is 31.9 Å². The Morgan fingerprint density at radius 2 is 2.17 bits per heavy atom. The van der Waals surface area contributed by atoms with E-state index in [1.807, 2.05) is 18.3 Å². The molecule has 2 aromatic rings. The Hall–Kier alpha value is -1.14. The smallest absolute Gasteiger partial charge is 0.243 e. The SMILES string of the molecule is OCC1(Nc2nc3ccc(Br)cn3n2)CCCC1. The van der Waals surface area contributed by atoms with Gasteiger partial charge in [0.15, 0.2) is 5.65 Å². The van der Waals surface area contributed by atoms with Crippen LogP contribution in [0.2, 0.25) is 0 Å². The fourth-order valence-corrected chi connectivity index (χ4v) is 2.85. The average molecular weight is 311 g/mol. The number of aliphatic hydroxyl groups is 1. The van der Waals surface area contributed by atoms with Gasteiger partial charge in [-0.2, -0.15) is 4.98 Å². The van der Waals surface area contributed by atoms with Crippen LogP contribution in [0.5, 0.6) is 0 Å². The lowest BCUT2D eigenvalue weighted by Gasteiger charge is -2.26. The number of aromatic nitrogens is 3. The van der Waals surface area contributed by atoms with Gasteiger partial charge in [0.2, 0.25) is 5.95 Å². The Bertz CT molecular complexity index is 562. The second-order valence-electron chi connectivity index (χ2n) is 4.86. The third-order valence-corrected chi connectivity index (χ3v) is 4.00. The first-order valence-electron chi connectivity index (χ1n) is 6.12. The summed E-state index contributed by atoms with van der Waals surface area (Å²) in [4.78, 5) is 4.42. The number of halogens is 1. The molecule has 0 bridgehead atoms. The predicted octanol–water partition coefficient (Wildman–Crippen LogP) is 2.21. The van der Waals surface area contributed by atoms with E-state index in [-0.39, 0.29) is 12.1 Å². The largest absolute Gasteiger partial charge is 0.394 e. The van der Waals surface area contributed by atoms with Crippen LogP contribution in [0.1, 0.15) is 25.7 Å². The minimum Gasteiger partial charge on any atom is -0.394 e. The lowest BCUT2D eigenvalue weighted by Crippen LogP contribution is -2.39. The molecule has 2 heterocycles. The van der Waals surface area contributed by atoms with Gasteiger partial charge in [-0.15, -0.1) is 5.10 Å². The van der Waals surface area contributed by atoms with Gasteiger partial charge in [0.25, 0.3) is 0 Å². The van der Waals surface area contributed by atoms with E-state index in [2.05, 4.69) is 31.3 Å². The maximum absolute atomic E-state index is 9.56. The van der Waals surface area contributed by atoms with Crippen molar-refractivity contribution in [3.63, 3.8) is 0 Å². The molecule has 2 N–H and O–H groups in total. The Morgan fingerprint density at radius 1 is 1.39 bits per heavy atom. The highest BCUT2D eigenvalue weighted by atomic mass is 79.9. The van der Waals surface area contributed by atoms with Crippen molar-refractivity contribution in [3.8, 4) is 0 Å². The molecule has 1 aliphatic carbocycles. The number of aliphatic hydroxyl groups excluding tert-OH is 1. The maximum Gasteiger partial charge on any atom is 0.243 e. The van der Waals surface area contributed by atoms with Crippen molar-refractivity contribution >= 4 is 27.5 Å². The van der Waals surface area contributed by atoms with Crippen LogP contribution < -0.4 is 5.32 Å². The molecular weight excluding hydrogens is 296 g/mol. The second-order valence-corrected chi connectivity index (χ2v) is 5.77. The molecule has 2 aromatic heterocycles. The number of pyridine rings is 1. The zero-order valence-electron chi connectivity index (χ0n) is 9.93. The van der Waals surface area contributed by atoms with Gasteiger partial charge in [-0.3, -0.25) is 0 Å². The zero-order chi connectivity index (χ0) is 12.6. The summed E-state index contributed by atoms with van der Waals surface area (Å²) in [6.07, 6.45) is 6.11. The summed E-state index contributed by atoms with van der Waals surface area (Å²) >= 11 is 3.41. The average Bonchev–Trinajstić information content (AvgIpc) is 2.96. The van der Waals surface area contributed by atoms with Gasteiger partial charge < -0.3 is 10.4 Å². The van der Waals surface area contributed by atoms with Gasteiger partial charge in [0, 0.05) is 10.7 Å². The topological polar surface area (TPSA) is 62.5 Å². The molecule has 0 radical (unpaired) electrons. The van der Waals surface area contributed by atoms with Gasteiger partial charge in [-0.05, 0) is 40.9 Å². The molecule has 0 atom stereocenters. The quantitative estimate of drug-likeness (QED) is 0.912. The normalized spacial score (nSPS) is 18.3. The molecule has 0 amide bonds. The molecule has 1 fully saturated rings. The van der Waals surface area contributed by atoms with Crippen LogP contribution in [0.15, 0.2) is 22.8 Å². The van der Waals surface area contributed by atoms with Gasteiger partial charge in [-0.1, -0.05) is 12.8 Å². The number of rotatable bonds is 3. The molecule has 18 heavy (non-hydrogen) atoms. The molecule has 6 heteroatoms. The van der Waals surface area contributed by atoms with Crippen molar-refractivity contribution in [3.05, 3.63) is 22.8 Å². The predicted molar refractivity (Wildman–Crippen MR) is 72.6 cm³/mol. The number of nitrogens with zero attached hydrogens (tertiary/aromatic N) is 3. The first-order chi connectivity index (χ1) is 8.71. The standard InChI is InChI=1S/C12H15BrN4O/c13-9-3-4-10-14-11(16-17(10)7-9)15-12(8-18)5-1-2-6-12/h3-4,7,18H,1-2,5-6,8H2,(H,15,16). The van der Waals surface area contributed by atoms with Crippen LogP contribution in [0.4, 0.5) is 5.95 Å². The third kappa shape index (κ3) is 2.10. The summed E-state index contributed by atoms with van der Waals surface area (Å²) < 4.78 is 2.69. The first-order valence-corrected chi connectivity index (χ1v) is 6.91. The Labute approximate surface area is 113 Å². The van der Waals surface area contributed by atoms with Crippen molar-refractivity contribution in [2.75, 3.05) is 11.9 Å². The Kier molecular flexibility index (Phi) is 2.99. The molecule has 0 saturated heterocycles. The lowest BCUT2D eigenvalue weighted by molar-refractivity contribution is 0.213. The van der Waals surface area contributed by atoms with Crippen LogP contribution in [-0.2, 0) is 0 Å². The Morgan fingerprint density at radius 3 is 2.89 bits per heavy atom. The number of anilines is 1. The minimum atomic E-state index is -0.234. The summed E-state index contributed by atoms with van der Waals surface area (Å²) in [6.45, 7) is 0.131. The minimum absolute atomic E-state index is 0.131. The molecule has 3 rings (SSSR count). The van der Waals surface area contributed by atoms with Crippen molar-refractivity contribution in [1.29, 1.82) is 0 Å². The van der Waals surface area contributed by atoms with E-state index >= 15 is 0 Å². The summed E-state index contributed by atoms with van der Waals surface area (Å²) in [7, 11) is 0. The molecule has 1 aliphatic rings. The molecule has 0 spiro atoms. The summed E-state index contributed by atoms with van der Waals surface area (Å²) in [5.74, 6) is 0.587. The maximum atomic E-state index is 9.56. The third-order valence-electron chi connectivity index (χ3n) is 3.54. The molecule has 0 unspecified atom stereocenters. The molecular formula is C12H15BrN4O. The highest BCUT2D eigenvalue weighted by molar-refractivity contribution is 9.10. The summed E-state index contributed by atoms with van der Waals surface area (Å²) in [5.41, 5.74) is 0.564. The summed E-state index contributed by atoms with van der Waals surface area (Å²) in [5, 5.41) is 17.3. The van der Waals surface area contributed by atoms with E-state index in [4.69, 9.17) is 0 Å². The van der Waals surface area contributed by atoms with E-state index in [1.54, 1.807) is 4.52 Å². The zero-order valence-corrected chi connectivity index (χ0v) is 11.5. The second kappa shape index (κ2) is 4.51. The van der Waals surface area contributed by atoms with Gasteiger partial charge in [0.1, 0.15) is 0 Å². The van der Waals surface area contributed by atoms with Crippen LogP contribution in [0, 0.1) is 0 Å². The van der Waals surface area contributed by atoms with E-state index in [9.17, 15) is 5.11 Å². The monoisotopic (exact) mass is 310 g/mol. The number of hydrogen-bond donors (Lipinski definition) is 2. The van der Waals surface area contributed by atoms with Crippen molar-refractivity contribution in [2.24, 2.45) is 0 Å². The number of hydrogen-bond acceptors (Lipinski definition) is 4. The Balaban J connectivity index is 1.90. The van der Waals surface area contributed by atoms with E-state index < -0.39 is 0 Å². The fourth-order valence-electron chi connectivity index (χ4n) is 2.52. The number of fused-ring (bicyclic) bond motifs is 1. The van der Waals surface area contributed by atoms with Crippen LogP contribution in [0.3, 0.4) is 0 Å². The highest BCUT2D eigenvalue weighted by Gasteiger charge is 2.34. The fraction of sp³-hybridized carbons (Fsp3) is 0.500. The van der Waals surface area contributed by atoms with Crippen LogP contribution >= 0.6 is 15.9 Å². The van der Waals surface area contributed by atoms with Crippen LogP contribution in [0.25, 0.3) is 5.65 Å². The van der Waals surface area contributed by atoms with Crippen molar-refractivity contribution in [2.45, 2.75) is 31.2 Å². The first kappa shape index (κ1) is 11.9. The lowest BCUT2D eigenvalue weighted by atomic mass is 9.99. The van der Waals surface area contributed by atoms with Crippen molar-refractivity contribution in [1.82, 2.24) is 14.6 Å².